The average molecular weight is 631 g/mol. The Morgan fingerprint density at radius 1 is 1.05 bits per heavy atom. The molecule has 9 heteroatoms. The minimum Gasteiger partial charge on any atom is -0.463 e. The Kier molecular flexibility index (Phi) is 7.90. The molecule has 0 bridgehead atoms. The van der Waals surface area contributed by atoms with Crippen molar-refractivity contribution in [1.82, 2.24) is 9.13 Å². The molecule has 6 nitrogen and oxygen atoms in total. The van der Waals surface area contributed by atoms with Crippen molar-refractivity contribution in [2.24, 2.45) is 4.99 Å². The monoisotopic (exact) mass is 629 g/mol. The number of thiazole rings is 1. The first-order valence-corrected chi connectivity index (χ1v) is 15.5. The summed E-state index contributed by atoms with van der Waals surface area (Å²) in [6.07, 6.45) is 1.94. The van der Waals surface area contributed by atoms with E-state index in [4.69, 9.17) is 32.9 Å². The van der Waals surface area contributed by atoms with E-state index < -0.39 is 12.0 Å². The van der Waals surface area contributed by atoms with Crippen molar-refractivity contribution in [3.8, 4) is 0 Å². The summed E-state index contributed by atoms with van der Waals surface area (Å²) >= 11 is 14.0. The van der Waals surface area contributed by atoms with Crippen LogP contribution in [0.1, 0.15) is 47.8 Å². The highest BCUT2D eigenvalue weighted by Gasteiger charge is 2.33. The van der Waals surface area contributed by atoms with Gasteiger partial charge in [0, 0.05) is 38.8 Å². The fraction of sp³-hybridized carbons (Fsp3) is 0.206. The number of hydrogen-bond donors (Lipinski definition) is 0. The van der Waals surface area contributed by atoms with Gasteiger partial charge in [0.05, 0.1) is 28.5 Å². The lowest BCUT2D eigenvalue weighted by Crippen LogP contribution is -2.39. The van der Waals surface area contributed by atoms with Gasteiger partial charge in [-0.25, -0.2) is 9.79 Å². The minimum absolute atomic E-state index is 0.208. The highest BCUT2D eigenvalue weighted by molar-refractivity contribution is 7.07. The van der Waals surface area contributed by atoms with Gasteiger partial charge in [-0.1, -0.05) is 88.6 Å². The van der Waals surface area contributed by atoms with Crippen molar-refractivity contribution in [2.45, 2.75) is 40.3 Å². The number of nitrogens with zero attached hydrogens (tertiary/aromatic N) is 3. The second-order valence-electron chi connectivity index (χ2n) is 10.6. The van der Waals surface area contributed by atoms with E-state index in [1.54, 1.807) is 24.5 Å². The zero-order valence-corrected chi connectivity index (χ0v) is 26.5. The maximum absolute atomic E-state index is 14.2. The van der Waals surface area contributed by atoms with Gasteiger partial charge in [-0.2, -0.15) is 0 Å². The summed E-state index contributed by atoms with van der Waals surface area (Å²) in [5.41, 5.74) is 6.53. The summed E-state index contributed by atoms with van der Waals surface area (Å²) < 4.78 is 9.78. The van der Waals surface area contributed by atoms with Gasteiger partial charge in [-0.15, -0.1) is 0 Å². The van der Waals surface area contributed by atoms with Crippen LogP contribution in [0.2, 0.25) is 10.0 Å². The first-order chi connectivity index (χ1) is 20.7. The summed E-state index contributed by atoms with van der Waals surface area (Å²) in [5.74, 6) is -0.469. The van der Waals surface area contributed by atoms with Crippen LogP contribution in [0.5, 0.6) is 0 Å². The molecule has 1 atom stereocenters. The molecule has 1 aliphatic rings. The van der Waals surface area contributed by atoms with Gasteiger partial charge in [0.2, 0.25) is 0 Å². The molecule has 1 aliphatic heterocycles. The quantitative estimate of drug-likeness (QED) is 0.196. The highest BCUT2D eigenvalue weighted by Crippen LogP contribution is 2.32. The number of fused-ring (bicyclic) bond motifs is 2. The van der Waals surface area contributed by atoms with Crippen LogP contribution in [0.3, 0.4) is 0 Å². The van der Waals surface area contributed by atoms with Gasteiger partial charge in [-0.3, -0.25) is 9.36 Å². The smallest absolute Gasteiger partial charge is 0.338 e. The van der Waals surface area contributed by atoms with Crippen molar-refractivity contribution < 1.29 is 9.53 Å². The molecule has 5 aromatic rings. The van der Waals surface area contributed by atoms with Crippen molar-refractivity contribution in [3.63, 3.8) is 0 Å². The van der Waals surface area contributed by atoms with Crippen LogP contribution in [0.4, 0.5) is 0 Å². The number of ether oxygens (including phenoxy) is 1. The molecule has 0 unspecified atom stereocenters. The zero-order valence-electron chi connectivity index (χ0n) is 24.2. The van der Waals surface area contributed by atoms with Crippen LogP contribution in [0.25, 0.3) is 17.0 Å². The van der Waals surface area contributed by atoms with Crippen LogP contribution in [0, 0.1) is 13.8 Å². The Bertz CT molecular complexity index is 2120. The number of hydrogen-bond acceptors (Lipinski definition) is 5. The van der Waals surface area contributed by atoms with Crippen LogP contribution < -0.4 is 14.9 Å². The van der Waals surface area contributed by atoms with Gasteiger partial charge >= 0.3 is 5.97 Å². The summed E-state index contributed by atoms with van der Waals surface area (Å²) in [6, 6.07) is 20.9. The van der Waals surface area contributed by atoms with Crippen LogP contribution in [0.15, 0.2) is 87.8 Å². The van der Waals surface area contributed by atoms with Crippen LogP contribution >= 0.6 is 34.5 Å². The van der Waals surface area contributed by atoms with Gasteiger partial charge in [-0.05, 0) is 63.1 Å². The molecule has 0 N–H and O–H groups in total. The van der Waals surface area contributed by atoms with E-state index in [9.17, 15) is 9.59 Å². The number of esters is 1. The molecule has 43 heavy (non-hydrogen) atoms. The standard InChI is InChI=1S/C34H29Cl2N3O3S/c1-5-42-33(41)30-20(3)37-34-39(31(30)22-12-10-19(2)11-13-22)32(40)29(43-34)17-26-21(4)38(28-9-7-6-8-25(26)28)18-23-14-15-24(35)16-27(23)36/h6-17,31H,5,18H2,1-4H3/b29-17-/t31-/m1/s1. The number of para-hydroxylation sites is 1. The highest BCUT2D eigenvalue weighted by atomic mass is 35.5. The van der Waals surface area contributed by atoms with Crippen molar-refractivity contribution in [1.29, 1.82) is 0 Å². The third kappa shape index (κ3) is 5.26. The zero-order chi connectivity index (χ0) is 30.4. The topological polar surface area (TPSA) is 65.6 Å². The lowest BCUT2D eigenvalue weighted by Gasteiger charge is -2.24. The predicted octanol–water partition coefficient (Wildman–Crippen LogP) is 6.72. The Labute approximate surface area is 262 Å². The largest absolute Gasteiger partial charge is 0.463 e. The first-order valence-electron chi connectivity index (χ1n) is 14.0. The maximum Gasteiger partial charge on any atom is 0.338 e. The Morgan fingerprint density at radius 2 is 1.79 bits per heavy atom. The molecular weight excluding hydrogens is 601 g/mol. The summed E-state index contributed by atoms with van der Waals surface area (Å²) in [5, 5.41) is 2.21. The minimum atomic E-state index is -0.646. The van der Waals surface area contributed by atoms with E-state index in [0.29, 0.717) is 37.2 Å². The molecule has 6 rings (SSSR count). The lowest BCUT2D eigenvalue weighted by atomic mass is 9.95. The number of rotatable bonds is 6. The normalized spacial score (nSPS) is 15.1. The SMILES string of the molecule is CCOC(=O)C1=C(C)N=c2s/c(=C\c3c(C)n(Cc4ccc(Cl)cc4Cl)c4ccccc34)c(=O)n2[C@@H]1c1ccc(C)cc1. The lowest BCUT2D eigenvalue weighted by molar-refractivity contribution is -0.139. The molecule has 0 amide bonds. The fourth-order valence-electron chi connectivity index (χ4n) is 5.65. The molecule has 3 heterocycles. The molecule has 0 saturated carbocycles. The first kappa shape index (κ1) is 29.2. The molecule has 0 fully saturated rings. The van der Waals surface area contributed by atoms with Crippen molar-refractivity contribution >= 4 is 57.5 Å². The Balaban J connectivity index is 1.54. The average Bonchev–Trinajstić information content (AvgIpc) is 3.42. The fourth-order valence-corrected chi connectivity index (χ4v) is 7.15. The van der Waals surface area contributed by atoms with E-state index in [-0.39, 0.29) is 12.2 Å². The van der Waals surface area contributed by atoms with E-state index in [1.165, 1.54) is 11.3 Å². The number of allylic oxidation sites excluding steroid dienone is 1. The summed E-state index contributed by atoms with van der Waals surface area (Å²) in [6.45, 7) is 8.39. The number of benzene rings is 3. The Hall–Kier alpha value is -3.91. The van der Waals surface area contributed by atoms with Crippen LogP contribution in [-0.2, 0) is 16.1 Å². The molecule has 0 aliphatic carbocycles. The number of carbonyl (C=O) groups is 1. The molecule has 0 spiro atoms. The molecule has 2 aromatic heterocycles. The number of carbonyl (C=O) groups excluding carboxylic acids is 1. The van der Waals surface area contributed by atoms with Crippen LogP contribution in [-0.4, -0.2) is 21.7 Å². The van der Waals surface area contributed by atoms with E-state index >= 15 is 0 Å². The number of aromatic nitrogens is 2. The van der Waals surface area contributed by atoms with Gasteiger partial charge in [0.1, 0.15) is 0 Å². The summed E-state index contributed by atoms with van der Waals surface area (Å²) in [4.78, 5) is 32.6. The van der Waals surface area contributed by atoms with Crippen molar-refractivity contribution in [3.05, 3.63) is 136 Å². The third-order valence-electron chi connectivity index (χ3n) is 7.81. The summed E-state index contributed by atoms with van der Waals surface area (Å²) in [7, 11) is 0. The molecule has 0 saturated heterocycles. The molecule has 3 aromatic carbocycles. The van der Waals surface area contributed by atoms with E-state index in [2.05, 4.69) is 16.7 Å². The van der Waals surface area contributed by atoms with Crippen molar-refractivity contribution in [2.75, 3.05) is 6.61 Å². The van der Waals surface area contributed by atoms with Gasteiger partial charge in [0.15, 0.2) is 4.80 Å². The molecule has 218 valence electrons. The number of aryl methyl sites for hydroxylation is 1. The maximum atomic E-state index is 14.2. The molecular formula is C34H29Cl2N3O3S. The predicted molar refractivity (Wildman–Crippen MR) is 174 cm³/mol. The van der Waals surface area contributed by atoms with Gasteiger partial charge in [0.25, 0.3) is 5.56 Å². The van der Waals surface area contributed by atoms with Gasteiger partial charge < -0.3 is 9.30 Å². The molecule has 0 radical (unpaired) electrons. The van der Waals surface area contributed by atoms with E-state index in [0.717, 1.165) is 38.9 Å². The third-order valence-corrected chi connectivity index (χ3v) is 9.38. The Morgan fingerprint density at radius 3 is 2.51 bits per heavy atom. The second-order valence-corrected chi connectivity index (χ2v) is 12.4. The second kappa shape index (κ2) is 11.6. The van der Waals surface area contributed by atoms with E-state index in [1.807, 2.05) is 68.5 Å². The number of halogens is 2.